The van der Waals surface area contributed by atoms with Crippen LogP contribution < -0.4 is 10.6 Å². The fraction of sp³-hybridized carbons (Fsp3) is 0.364. The summed E-state index contributed by atoms with van der Waals surface area (Å²) in [5.41, 5.74) is 6.56. The van der Waals surface area contributed by atoms with Crippen molar-refractivity contribution in [2.45, 2.75) is 13.0 Å². The molecule has 0 saturated carbocycles. The summed E-state index contributed by atoms with van der Waals surface area (Å²) in [6.07, 6.45) is 4.13. The fourth-order valence-corrected chi connectivity index (χ4v) is 1.45. The second-order valence-electron chi connectivity index (χ2n) is 3.73. The third-order valence-corrected chi connectivity index (χ3v) is 2.31. The van der Waals surface area contributed by atoms with Crippen LogP contribution in [-0.2, 0) is 13.0 Å². The van der Waals surface area contributed by atoms with Crippen LogP contribution in [0.4, 0.5) is 6.01 Å². The quantitative estimate of drug-likeness (QED) is 0.814. The number of hydrogen-bond donors (Lipinski definition) is 1. The molecule has 0 unspecified atom stereocenters. The minimum atomic E-state index is 0.505. The molecule has 0 aliphatic carbocycles. The number of nitrogens with two attached hydrogens (primary N) is 1. The van der Waals surface area contributed by atoms with Crippen LogP contribution in [0.1, 0.15) is 11.5 Å². The molecule has 0 spiro atoms. The van der Waals surface area contributed by atoms with E-state index < -0.39 is 0 Å². The van der Waals surface area contributed by atoms with Gasteiger partial charge in [-0.3, -0.25) is 4.98 Å². The van der Waals surface area contributed by atoms with Crippen molar-refractivity contribution in [1.82, 2.24) is 15.2 Å². The monoisotopic (exact) mass is 233 g/mol. The van der Waals surface area contributed by atoms with E-state index in [1.165, 1.54) is 0 Å². The maximum Gasteiger partial charge on any atom is 0.318 e. The molecule has 2 aromatic rings. The van der Waals surface area contributed by atoms with Gasteiger partial charge in [0, 0.05) is 39.0 Å². The van der Waals surface area contributed by atoms with Crippen LogP contribution in [-0.4, -0.2) is 28.8 Å². The Morgan fingerprint density at radius 2 is 2.06 bits per heavy atom. The predicted octanol–water partition coefficient (Wildman–Crippen LogP) is 0.602. The van der Waals surface area contributed by atoms with E-state index in [1.807, 2.05) is 24.1 Å². The first-order valence-electron chi connectivity index (χ1n) is 5.42. The molecule has 17 heavy (non-hydrogen) atoms. The Balaban J connectivity index is 2.01. The van der Waals surface area contributed by atoms with Crippen LogP contribution in [0.15, 0.2) is 28.9 Å². The molecule has 0 saturated heterocycles. The maximum atomic E-state index is 5.47. The van der Waals surface area contributed by atoms with E-state index in [9.17, 15) is 0 Å². The summed E-state index contributed by atoms with van der Waals surface area (Å²) >= 11 is 0. The van der Waals surface area contributed by atoms with Gasteiger partial charge in [0.25, 0.3) is 0 Å². The molecule has 0 aliphatic heterocycles. The van der Waals surface area contributed by atoms with Crippen molar-refractivity contribution in [3.8, 4) is 0 Å². The van der Waals surface area contributed by atoms with E-state index in [0.717, 1.165) is 5.56 Å². The van der Waals surface area contributed by atoms with Gasteiger partial charge in [-0.25, -0.2) is 0 Å². The molecule has 90 valence electrons. The van der Waals surface area contributed by atoms with Gasteiger partial charge in [0.05, 0.1) is 0 Å². The number of nitrogens with zero attached hydrogens (tertiary/aromatic N) is 4. The van der Waals surface area contributed by atoms with Crippen molar-refractivity contribution in [2.75, 3.05) is 18.5 Å². The summed E-state index contributed by atoms with van der Waals surface area (Å²) in [5.74, 6) is 0.573. The Bertz CT molecular complexity index is 456. The summed E-state index contributed by atoms with van der Waals surface area (Å²) in [6, 6.07) is 4.41. The molecule has 0 atom stereocenters. The standard InChI is InChI=1S/C11H15N5O/c1-16(8-9-3-6-13-7-4-9)11-15-14-10(17-11)2-5-12/h3-4,6-7H,2,5,8,12H2,1H3. The summed E-state index contributed by atoms with van der Waals surface area (Å²) < 4.78 is 5.47. The average Bonchev–Trinajstić information content (AvgIpc) is 2.79. The van der Waals surface area contributed by atoms with Gasteiger partial charge >= 0.3 is 6.01 Å². The summed E-state index contributed by atoms with van der Waals surface area (Å²) in [6.45, 7) is 1.21. The van der Waals surface area contributed by atoms with E-state index in [-0.39, 0.29) is 0 Å². The van der Waals surface area contributed by atoms with Gasteiger partial charge in [0.1, 0.15) is 0 Å². The first-order chi connectivity index (χ1) is 8.29. The van der Waals surface area contributed by atoms with Crippen molar-refractivity contribution < 1.29 is 4.42 Å². The van der Waals surface area contributed by atoms with Crippen LogP contribution in [0.2, 0.25) is 0 Å². The van der Waals surface area contributed by atoms with Gasteiger partial charge < -0.3 is 15.1 Å². The lowest BCUT2D eigenvalue weighted by Gasteiger charge is -2.13. The van der Waals surface area contributed by atoms with Crippen molar-refractivity contribution in [2.24, 2.45) is 5.73 Å². The number of pyridine rings is 1. The molecule has 2 aromatic heterocycles. The number of anilines is 1. The molecule has 0 amide bonds. The normalized spacial score (nSPS) is 10.5. The van der Waals surface area contributed by atoms with Crippen molar-refractivity contribution in [3.05, 3.63) is 36.0 Å². The minimum absolute atomic E-state index is 0.505. The molecule has 0 radical (unpaired) electrons. The third kappa shape index (κ3) is 3.01. The summed E-state index contributed by atoms with van der Waals surface area (Å²) in [5, 5.41) is 7.89. The zero-order valence-corrected chi connectivity index (χ0v) is 9.71. The van der Waals surface area contributed by atoms with Gasteiger partial charge in [0.15, 0.2) is 0 Å². The Hall–Kier alpha value is -1.95. The highest BCUT2D eigenvalue weighted by Gasteiger charge is 2.10. The molecule has 0 aliphatic rings. The summed E-state index contributed by atoms with van der Waals surface area (Å²) in [7, 11) is 1.90. The van der Waals surface area contributed by atoms with E-state index in [1.54, 1.807) is 12.4 Å². The van der Waals surface area contributed by atoms with Gasteiger partial charge in [-0.2, -0.15) is 0 Å². The van der Waals surface area contributed by atoms with Gasteiger partial charge in [-0.1, -0.05) is 5.10 Å². The number of rotatable bonds is 5. The second kappa shape index (κ2) is 5.40. The van der Waals surface area contributed by atoms with Crippen LogP contribution in [0.3, 0.4) is 0 Å². The molecular formula is C11H15N5O. The molecular weight excluding hydrogens is 218 g/mol. The fourth-order valence-electron chi connectivity index (χ4n) is 1.45. The van der Waals surface area contributed by atoms with Crippen molar-refractivity contribution >= 4 is 6.01 Å². The molecule has 0 aromatic carbocycles. The average molecular weight is 233 g/mol. The molecule has 2 N–H and O–H groups in total. The van der Waals surface area contributed by atoms with Crippen LogP contribution in [0.5, 0.6) is 0 Å². The SMILES string of the molecule is CN(Cc1ccncc1)c1nnc(CCN)o1. The zero-order valence-electron chi connectivity index (χ0n) is 9.71. The van der Waals surface area contributed by atoms with E-state index in [2.05, 4.69) is 15.2 Å². The lowest BCUT2D eigenvalue weighted by atomic mass is 10.2. The van der Waals surface area contributed by atoms with Crippen LogP contribution >= 0.6 is 0 Å². The second-order valence-corrected chi connectivity index (χ2v) is 3.73. The minimum Gasteiger partial charge on any atom is -0.408 e. The van der Waals surface area contributed by atoms with Gasteiger partial charge in [-0.15, -0.1) is 5.10 Å². The largest absolute Gasteiger partial charge is 0.408 e. The Kier molecular flexibility index (Phi) is 3.66. The Morgan fingerprint density at radius 1 is 1.29 bits per heavy atom. The molecule has 6 nitrogen and oxygen atoms in total. The zero-order chi connectivity index (χ0) is 12.1. The molecule has 0 bridgehead atoms. The lowest BCUT2D eigenvalue weighted by Crippen LogP contribution is -2.16. The molecule has 2 heterocycles. The van der Waals surface area contributed by atoms with Gasteiger partial charge in [-0.05, 0) is 17.7 Å². The number of hydrogen-bond acceptors (Lipinski definition) is 6. The highest BCUT2D eigenvalue weighted by atomic mass is 16.4. The maximum absolute atomic E-state index is 5.47. The topological polar surface area (TPSA) is 81.1 Å². The number of aromatic nitrogens is 3. The predicted molar refractivity (Wildman–Crippen MR) is 63.4 cm³/mol. The third-order valence-electron chi connectivity index (χ3n) is 2.31. The molecule has 0 fully saturated rings. The molecule has 6 heteroatoms. The van der Waals surface area contributed by atoms with E-state index >= 15 is 0 Å². The van der Waals surface area contributed by atoms with Crippen molar-refractivity contribution in [1.29, 1.82) is 0 Å². The summed E-state index contributed by atoms with van der Waals surface area (Å²) in [4.78, 5) is 5.86. The first-order valence-corrected chi connectivity index (χ1v) is 5.42. The van der Waals surface area contributed by atoms with Crippen LogP contribution in [0.25, 0.3) is 0 Å². The Morgan fingerprint density at radius 3 is 2.76 bits per heavy atom. The van der Waals surface area contributed by atoms with E-state index in [4.69, 9.17) is 10.2 Å². The Labute approximate surface area is 99.5 Å². The van der Waals surface area contributed by atoms with Crippen molar-refractivity contribution in [3.63, 3.8) is 0 Å². The first kappa shape index (κ1) is 11.5. The van der Waals surface area contributed by atoms with E-state index in [0.29, 0.717) is 31.4 Å². The lowest BCUT2D eigenvalue weighted by molar-refractivity contribution is 0.489. The van der Waals surface area contributed by atoms with Gasteiger partial charge in [0.2, 0.25) is 5.89 Å². The van der Waals surface area contributed by atoms with Crippen LogP contribution in [0, 0.1) is 0 Å². The molecule has 2 rings (SSSR count). The smallest absolute Gasteiger partial charge is 0.318 e. The highest BCUT2D eigenvalue weighted by molar-refractivity contribution is 5.25. The highest BCUT2D eigenvalue weighted by Crippen LogP contribution is 2.13.